The van der Waals surface area contributed by atoms with Crippen LogP contribution in [0.3, 0.4) is 0 Å². The van der Waals surface area contributed by atoms with Crippen LogP contribution in [0.5, 0.6) is 0 Å². The number of anilines is 1. The lowest BCUT2D eigenvalue weighted by molar-refractivity contribution is 0.158. The number of amides is 1. The predicted molar refractivity (Wildman–Crippen MR) is 136 cm³/mol. The summed E-state index contributed by atoms with van der Waals surface area (Å²) in [5, 5.41) is 6.32. The van der Waals surface area contributed by atoms with E-state index < -0.39 is 6.09 Å². The number of hydrogen-bond acceptors (Lipinski definition) is 4. The molecule has 2 N–H and O–H groups in total. The first-order valence-corrected chi connectivity index (χ1v) is 11.8. The standard InChI is InChI=1S/C29H29N3O2/c1-3-21-16-22(18-32-14-12-30-13-15-32)20(2)28(17-21)31-29(33)34-19-27-25-10-6-4-8-23(25)24-9-5-7-11-26(24)27/h1,4-11,16-17,27,30H,12-15,18-19H2,2H3,(H,31,33). The van der Waals surface area contributed by atoms with Crippen LogP contribution in [-0.2, 0) is 11.3 Å². The lowest BCUT2D eigenvalue weighted by atomic mass is 9.98. The van der Waals surface area contributed by atoms with Crippen LogP contribution in [0.1, 0.15) is 33.7 Å². The highest BCUT2D eigenvalue weighted by Gasteiger charge is 2.29. The number of rotatable bonds is 5. The van der Waals surface area contributed by atoms with E-state index in [0.29, 0.717) is 5.69 Å². The number of hydrogen-bond donors (Lipinski definition) is 2. The number of nitrogens with one attached hydrogen (secondary N) is 2. The van der Waals surface area contributed by atoms with Crippen molar-refractivity contribution in [1.82, 2.24) is 10.2 Å². The SMILES string of the molecule is C#Cc1cc(CN2CCNCC2)c(C)c(NC(=O)OCC2c3ccccc3-c3ccccc32)c1. The first-order chi connectivity index (χ1) is 16.6. The minimum Gasteiger partial charge on any atom is -0.448 e. The summed E-state index contributed by atoms with van der Waals surface area (Å²) in [4.78, 5) is 15.2. The van der Waals surface area contributed by atoms with Crippen LogP contribution in [-0.4, -0.2) is 43.8 Å². The van der Waals surface area contributed by atoms with Crippen molar-refractivity contribution in [3.63, 3.8) is 0 Å². The molecule has 0 atom stereocenters. The van der Waals surface area contributed by atoms with Crippen molar-refractivity contribution < 1.29 is 9.53 Å². The van der Waals surface area contributed by atoms with Gasteiger partial charge in [0.25, 0.3) is 0 Å². The number of carbonyl (C=O) groups is 1. The van der Waals surface area contributed by atoms with Crippen molar-refractivity contribution in [1.29, 1.82) is 0 Å². The van der Waals surface area contributed by atoms with Crippen LogP contribution in [0.25, 0.3) is 11.1 Å². The molecule has 0 saturated carbocycles. The molecule has 3 aromatic carbocycles. The smallest absolute Gasteiger partial charge is 0.411 e. The van der Waals surface area contributed by atoms with Crippen molar-refractivity contribution in [2.75, 3.05) is 38.1 Å². The Bertz CT molecular complexity index is 1210. The Morgan fingerprint density at radius 2 is 1.74 bits per heavy atom. The number of piperazine rings is 1. The van der Waals surface area contributed by atoms with Crippen LogP contribution < -0.4 is 10.6 Å². The van der Waals surface area contributed by atoms with Crippen molar-refractivity contribution in [2.24, 2.45) is 0 Å². The second kappa shape index (κ2) is 9.72. The Hall–Kier alpha value is -3.59. The normalized spacial score (nSPS) is 15.3. The zero-order valence-electron chi connectivity index (χ0n) is 19.4. The number of terminal acetylenes is 1. The summed E-state index contributed by atoms with van der Waals surface area (Å²) < 4.78 is 5.74. The molecule has 0 aromatic heterocycles. The van der Waals surface area contributed by atoms with E-state index in [-0.39, 0.29) is 12.5 Å². The van der Waals surface area contributed by atoms with Crippen LogP contribution in [0.15, 0.2) is 60.7 Å². The first kappa shape index (κ1) is 22.2. The lowest BCUT2D eigenvalue weighted by Crippen LogP contribution is -2.43. The lowest BCUT2D eigenvalue weighted by Gasteiger charge is -2.28. The zero-order valence-corrected chi connectivity index (χ0v) is 19.4. The summed E-state index contributed by atoms with van der Waals surface area (Å²) in [6.45, 7) is 7.07. The minimum absolute atomic E-state index is 0.0274. The van der Waals surface area contributed by atoms with Crippen molar-refractivity contribution >= 4 is 11.8 Å². The van der Waals surface area contributed by atoms with E-state index >= 15 is 0 Å². The van der Waals surface area contributed by atoms with Gasteiger partial charge in [0, 0.05) is 49.9 Å². The molecule has 0 unspecified atom stereocenters. The molecule has 0 spiro atoms. The summed E-state index contributed by atoms with van der Waals surface area (Å²) >= 11 is 0. The Morgan fingerprint density at radius 3 is 2.38 bits per heavy atom. The molecule has 1 aliphatic heterocycles. The number of carbonyl (C=O) groups excluding carboxylic acids is 1. The molecule has 5 nitrogen and oxygen atoms in total. The summed E-state index contributed by atoms with van der Waals surface area (Å²) in [5.74, 6) is 2.75. The summed E-state index contributed by atoms with van der Waals surface area (Å²) in [6, 6.07) is 20.5. The third-order valence-corrected chi connectivity index (χ3v) is 6.87. The summed E-state index contributed by atoms with van der Waals surface area (Å²) in [6.07, 6.45) is 5.25. The predicted octanol–water partition coefficient (Wildman–Crippen LogP) is 4.74. The highest BCUT2D eigenvalue weighted by Crippen LogP contribution is 2.44. The largest absolute Gasteiger partial charge is 0.448 e. The van der Waals surface area contributed by atoms with Gasteiger partial charge in [0.2, 0.25) is 0 Å². The molecule has 172 valence electrons. The molecule has 1 heterocycles. The maximum absolute atomic E-state index is 12.8. The van der Waals surface area contributed by atoms with E-state index in [2.05, 4.69) is 45.7 Å². The summed E-state index contributed by atoms with van der Waals surface area (Å²) in [7, 11) is 0. The third-order valence-electron chi connectivity index (χ3n) is 6.87. The molecule has 3 aromatic rings. The Labute approximate surface area is 201 Å². The second-order valence-electron chi connectivity index (χ2n) is 8.93. The average molecular weight is 452 g/mol. The van der Waals surface area contributed by atoms with Gasteiger partial charge >= 0.3 is 6.09 Å². The molecule has 1 aliphatic carbocycles. The Kier molecular flexibility index (Phi) is 6.35. The van der Waals surface area contributed by atoms with Gasteiger partial charge in [-0.2, -0.15) is 0 Å². The first-order valence-electron chi connectivity index (χ1n) is 11.8. The topological polar surface area (TPSA) is 53.6 Å². The van der Waals surface area contributed by atoms with Crippen LogP contribution in [0, 0.1) is 19.3 Å². The van der Waals surface area contributed by atoms with Crippen molar-refractivity contribution in [3.8, 4) is 23.5 Å². The van der Waals surface area contributed by atoms with E-state index in [4.69, 9.17) is 11.2 Å². The van der Waals surface area contributed by atoms with Gasteiger partial charge in [0.05, 0.1) is 0 Å². The number of ether oxygens (including phenoxy) is 1. The molecule has 5 rings (SSSR count). The molecular weight excluding hydrogens is 422 g/mol. The fraction of sp³-hybridized carbons (Fsp3) is 0.276. The molecule has 1 amide bonds. The molecular formula is C29H29N3O2. The minimum atomic E-state index is -0.466. The van der Waals surface area contributed by atoms with Crippen molar-refractivity contribution in [2.45, 2.75) is 19.4 Å². The van der Waals surface area contributed by atoms with Gasteiger partial charge in [0.15, 0.2) is 0 Å². The number of fused-ring (bicyclic) bond motifs is 3. The molecule has 34 heavy (non-hydrogen) atoms. The van der Waals surface area contributed by atoms with E-state index in [9.17, 15) is 4.79 Å². The second-order valence-corrected chi connectivity index (χ2v) is 8.93. The van der Waals surface area contributed by atoms with E-state index in [0.717, 1.165) is 49.4 Å². The molecule has 1 saturated heterocycles. The Morgan fingerprint density at radius 1 is 1.09 bits per heavy atom. The van der Waals surface area contributed by atoms with Crippen LogP contribution in [0.2, 0.25) is 0 Å². The van der Waals surface area contributed by atoms with Gasteiger partial charge < -0.3 is 10.1 Å². The zero-order chi connectivity index (χ0) is 23.5. The molecule has 1 fully saturated rings. The highest BCUT2D eigenvalue weighted by atomic mass is 16.5. The highest BCUT2D eigenvalue weighted by molar-refractivity contribution is 5.87. The Balaban J connectivity index is 1.30. The van der Waals surface area contributed by atoms with Gasteiger partial charge in [0.1, 0.15) is 6.61 Å². The number of nitrogens with zero attached hydrogens (tertiary/aromatic N) is 1. The number of benzene rings is 3. The fourth-order valence-corrected chi connectivity index (χ4v) is 5.01. The van der Waals surface area contributed by atoms with Gasteiger partial charge in [-0.3, -0.25) is 10.2 Å². The van der Waals surface area contributed by atoms with Crippen LogP contribution >= 0.6 is 0 Å². The molecule has 5 heteroatoms. The quantitative estimate of drug-likeness (QED) is 0.550. The monoisotopic (exact) mass is 451 g/mol. The van der Waals surface area contributed by atoms with Crippen LogP contribution in [0.4, 0.5) is 10.5 Å². The molecule has 0 bridgehead atoms. The third kappa shape index (κ3) is 4.43. The molecule has 2 aliphatic rings. The maximum atomic E-state index is 12.8. The van der Waals surface area contributed by atoms with E-state index in [1.807, 2.05) is 43.3 Å². The molecule has 0 radical (unpaired) electrons. The average Bonchev–Trinajstić information content (AvgIpc) is 3.19. The summed E-state index contributed by atoms with van der Waals surface area (Å²) in [5.41, 5.74) is 8.42. The fourth-order valence-electron chi connectivity index (χ4n) is 5.01. The van der Waals surface area contributed by atoms with E-state index in [1.165, 1.54) is 22.3 Å². The maximum Gasteiger partial charge on any atom is 0.411 e. The van der Waals surface area contributed by atoms with Gasteiger partial charge in [-0.25, -0.2) is 4.79 Å². The van der Waals surface area contributed by atoms with Gasteiger partial charge in [-0.15, -0.1) is 6.42 Å². The van der Waals surface area contributed by atoms with E-state index in [1.54, 1.807) is 0 Å². The van der Waals surface area contributed by atoms with Gasteiger partial charge in [-0.05, 0) is 52.4 Å². The van der Waals surface area contributed by atoms with Crippen molar-refractivity contribution in [3.05, 3.63) is 88.5 Å². The van der Waals surface area contributed by atoms with Gasteiger partial charge in [-0.1, -0.05) is 54.5 Å².